The van der Waals surface area contributed by atoms with E-state index in [2.05, 4.69) is 5.32 Å². The number of carbonyl (C=O) groups is 1. The second-order valence-electron chi connectivity index (χ2n) is 5.82. The van der Waals surface area contributed by atoms with Crippen LogP contribution in [0.2, 0.25) is 0 Å². The maximum absolute atomic E-state index is 12.2. The number of nitrogens with two attached hydrogens (primary N) is 1. The van der Waals surface area contributed by atoms with Gasteiger partial charge in [-0.1, -0.05) is 43.5 Å². The third kappa shape index (κ3) is 4.70. The molecule has 5 heteroatoms. The summed E-state index contributed by atoms with van der Waals surface area (Å²) in [6.45, 7) is 2.22. The molecule has 0 saturated heterocycles. The Bertz CT molecular complexity index is 454. The summed E-state index contributed by atoms with van der Waals surface area (Å²) in [5.74, 6) is -0.0446. The Morgan fingerprint density at radius 2 is 1.86 bits per heavy atom. The number of nitrogens with one attached hydrogen (secondary N) is 1. The number of halogens is 1. The SMILES string of the molecule is CC(O)c1ccc(CNC(=O)C2(N)CCCCC2)cc1.Cl. The highest BCUT2D eigenvalue weighted by Crippen LogP contribution is 2.26. The average Bonchev–Trinajstić information content (AvgIpc) is 2.46. The summed E-state index contributed by atoms with van der Waals surface area (Å²) in [5.41, 5.74) is 7.40. The van der Waals surface area contributed by atoms with Crippen molar-refractivity contribution in [2.24, 2.45) is 5.73 Å². The zero-order chi connectivity index (χ0) is 14.6. The number of carbonyl (C=O) groups excluding carboxylic acids is 1. The van der Waals surface area contributed by atoms with Crippen molar-refractivity contribution in [1.82, 2.24) is 5.32 Å². The Morgan fingerprint density at radius 3 is 2.38 bits per heavy atom. The number of rotatable bonds is 4. The van der Waals surface area contributed by atoms with Gasteiger partial charge >= 0.3 is 0 Å². The van der Waals surface area contributed by atoms with Crippen LogP contribution in [-0.2, 0) is 11.3 Å². The van der Waals surface area contributed by atoms with E-state index in [9.17, 15) is 9.90 Å². The van der Waals surface area contributed by atoms with E-state index in [0.717, 1.165) is 36.8 Å². The first-order valence-electron chi connectivity index (χ1n) is 7.35. The normalized spacial score (nSPS) is 18.4. The molecular weight excluding hydrogens is 288 g/mol. The van der Waals surface area contributed by atoms with E-state index in [0.29, 0.717) is 6.54 Å². The molecule has 0 aliphatic heterocycles. The van der Waals surface area contributed by atoms with Crippen LogP contribution in [0.3, 0.4) is 0 Å². The Hall–Kier alpha value is -1.10. The van der Waals surface area contributed by atoms with Crippen molar-refractivity contribution in [3.8, 4) is 0 Å². The zero-order valence-corrected chi connectivity index (χ0v) is 13.3. The molecule has 4 N–H and O–H groups in total. The molecule has 1 fully saturated rings. The fourth-order valence-electron chi connectivity index (χ4n) is 2.68. The number of amides is 1. The minimum atomic E-state index is -0.683. The van der Waals surface area contributed by atoms with E-state index < -0.39 is 11.6 Å². The van der Waals surface area contributed by atoms with Crippen molar-refractivity contribution in [3.63, 3.8) is 0 Å². The highest BCUT2D eigenvalue weighted by molar-refractivity contribution is 5.86. The summed E-state index contributed by atoms with van der Waals surface area (Å²) in [5, 5.41) is 12.4. The average molecular weight is 313 g/mol. The van der Waals surface area contributed by atoms with Gasteiger partial charge in [0.05, 0.1) is 11.6 Å². The summed E-state index contributed by atoms with van der Waals surface area (Å²) in [6.07, 6.45) is 4.33. The molecule has 1 aromatic carbocycles. The standard InChI is InChI=1S/C16H24N2O2.ClH/c1-12(19)14-7-5-13(6-8-14)11-18-15(20)16(17)9-3-2-4-10-16;/h5-8,12,19H,2-4,9-11,17H2,1H3,(H,18,20);1H. The van der Waals surface area contributed by atoms with Crippen LogP contribution in [0.1, 0.15) is 56.3 Å². The van der Waals surface area contributed by atoms with Gasteiger partial charge in [-0.05, 0) is 30.9 Å². The maximum atomic E-state index is 12.2. The molecule has 0 aromatic heterocycles. The maximum Gasteiger partial charge on any atom is 0.240 e. The quantitative estimate of drug-likeness (QED) is 0.799. The lowest BCUT2D eigenvalue weighted by Crippen LogP contribution is -2.54. The highest BCUT2D eigenvalue weighted by Gasteiger charge is 2.34. The molecule has 0 spiro atoms. The monoisotopic (exact) mass is 312 g/mol. The first-order valence-corrected chi connectivity index (χ1v) is 7.35. The summed E-state index contributed by atoms with van der Waals surface area (Å²) >= 11 is 0. The Kier molecular flexibility index (Phi) is 6.65. The third-order valence-electron chi connectivity index (χ3n) is 4.11. The first kappa shape index (κ1) is 18.0. The van der Waals surface area contributed by atoms with Crippen LogP contribution >= 0.6 is 12.4 Å². The van der Waals surface area contributed by atoms with Crippen LogP contribution in [0.5, 0.6) is 0 Å². The molecule has 1 unspecified atom stereocenters. The lowest BCUT2D eigenvalue weighted by Gasteiger charge is -2.31. The molecular formula is C16H25ClN2O2. The van der Waals surface area contributed by atoms with Gasteiger partial charge in [-0.15, -0.1) is 12.4 Å². The number of benzene rings is 1. The fourth-order valence-corrected chi connectivity index (χ4v) is 2.68. The summed E-state index contributed by atoms with van der Waals surface area (Å²) in [6, 6.07) is 7.61. The van der Waals surface area contributed by atoms with Crippen molar-refractivity contribution in [3.05, 3.63) is 35.4 Å². The molecule has 118 valence electrons. The second-order valence-corrected chi connectivity index (χ2v) is 5.82. The van der Waals surface area contributed by atoms with Crippen molar-refractivity contribution in [2.75, 3.05) is 0 Å². The van der Waals surface area contributed by atoms with Gasteiger partial charge in [-0.2, -0.15) is 0 Å². The molecule has 0 radical (unpaired) electrons. The molecule has 21 heavy (non-hydrogen) atoms. The molecule has 4 nitrogen and oxygen atoms in total. The Labute approximate surface area is 132 Å². The smallest absolute Gasteiger partial charge is 0.240 e. The number of aliphatic hydroxyl groups is 1. The van der Waals surface area contributed by atoms with Gasteiger partial charge in [-0.25, -0.2) is 0 Å². The predicted octanol–water partition coefficient (Wildman–Crippen LogP) is 2.44. The zero-order valence-electron chi connectivity index (χ0n) is 12.5. The molecule has 1 aliphatic rings. The van der Waals surface area contributed by atoms with Crippen LogP contribution in [0.15, 0.2) is 24.3 Å². The van der Waals surface area contributed by atoms with Crippen molar-refractivity contribution < 1.29 is 9.90 Å². The largest absolute Gasteiger partial charge is 0.389 e. The molecule has 1 saturated carbocycles. The van der Waals surface area contributed by atoms with Crippen molar-refractivity contribution in [1.29, 1.82) is 0 Å². The minimum Gasteiger partial charge on any atom is -0.389 e. The van der Waals surface area contributed by atoms with Crippen LogP contribution in [0, 0.1) is 0 Å². The van der Waals surface area contributed by atoms with Crippen LogP contribution in [0.4, 0.5) is 0 Å². The van der Waals surface area contributed by atoms with E-state index in [1.54, 1.807) is 6.92 Å². The predicted molar refractivity (Wildman–Crippen MR) is 86.2 cm³/mol. The number of aliphatic hydroxyl groups excluding tert-OH is 1. The van der Waals surface area contributed by atoms with Crippen molar-refractivity contribution in [2.45, 2.75) is 57.2 Å². The molecule has 1 atom stereocenters. The van der Waals surface area contributed by atoms with Gasteiger partial charge in [0.25, 0.3) is 0 Å². The molecule has 1 aliphatic carbocycles. The Morgan fingerprint density at radius 1 is 1.29 bits per heavy atom. The van der Waals surface area contributed by atoms with E-state index in [1.807, 2.05) is 24.3 Å². The third-order valence-corrected chi connectivity index (χ3v) is 4.11. The molecule has 1 amide bonds. The van der Waals surface area contributed by atoms with Crippen LogP contribution in [-0.4, -0.2) is 16.6 Å². The second kappa shape index (κ2) is 7.78. The van der Waals surface area contributed by atoms with Crippen LogP contribution in [0.25, 0.3) is 0 Å². The molecule has 0 heterocycles. The summed E-state index contributed by atoms with van der Waals surface area (Å²) < 4.78 is 0. The van der Waals surface area contributed by atoms with Gasteiger partial charge in [0.15, 0.2) is 0 Å². The molecule has 0 bridgehead atoms. The van der Waals surface area contributed by atoms with Gasteiger partial charge in [-0.3, -0.25) is 4.79 Å². The van der Waals surface area contributed by atoms with Gasteiger partial charge in [0, 0.05) is 6.54 Å². The molecule has 2 rings (SSSR count). The van der Waals surface area contributed by atoms with E-state index in [-0.39, 0.29) is 18.3 Å². The van der Waals surface area contributed by atoms with Gasteiger partial charge in [0.1, 0.15) is 0 Å². The lowest BCUT2D eigenvalue weighted by molar-refractivity contribution is -0.127. The van der Waals surface area contributed by atoms with Gasteiger partial charge in [0.2, 0.25) is 5.91 Å². The summed E-state index contributed by atoms with van der Waals surface area (Å²) in [7, 11) is 0. The lowest BCUT2D eigenvalue weighted by atomic mass is 9.82. The van der Waals surface area contributed by atoms with E-state index in [4.69, 9.17) is 5.73 Å². The number of hydrogen-bond acceptors (Lipinski definition) is 3. The minimum absolute atomic E-state index is 0. The molecule has 1 aromatic rings. The van der Waals surface area contributed by atoms with Crippen molar-refractivity contribution >= 4 is 18.3 Å². The first-order chi connectivity index (χ1) is 9.51. The van der Waals surface area contributed by atoms with Gasteiger partial charge < -0.3 is 16.2 Å². The van der Waals surface area contributed by atoms with E-state index >= 15 is 0 Å². The topological polar surface area (TPSA) is 75.3 Å². The van der Waals surface area contributed by atoms with E-state index in [1.165, 1.54) is 6.42 Å². The van der Waals surface area contributed by atoms with Crippen LogP contribution < -0.4 is 11.1 Å². The summed E-state index contributed by atoms with van der Waals surface area (Å²) in [4.78, 5) is 12.2. The highest BCUT2D eigenvalue weighted by atomic mass is 35.5. The number of hydrogen-bond donors (Lipinski definition) is 3. The fraction of sp³-hybridized carbons (Fsp3) is 0.562. The Balaban J connectivity index is 0.00000220.